The summed E-state index contributed by atoms with van der Waals surface area (Å²) >= 11 is 0. The van der Waals surface area contributed by atoms with Crippen molar-refractivity contribution in [1.29, 1.82) is 0 Å². The van der Waals surface area contributed by atoms with Gasteiger partial charge in [0.15, 0.2) is 0 Å². The average Bonchev–Trinajstić information content (AvgIpc) is 3.95. The number of para-hydroxylation sites is 3. The fraction of sp³-hybridized carbons (Fsp3) is 0. The summed E-state index contributed by atoms with van der Waals surface area (Å²) in [5.41, 5.74) is 14.3. The zero-order valence-corrected chi connectivity index (χ0v) is 28.5. The van der Waals surface area contributed by atoms with E-state index in [1.54, 1.807) is 0 Å². The van der Waals surface area contributed by atoms with Crippen molar-refractivity contribution in [2.75, 3.05) is 0 Å². The van der Waals surface area contributed by atoms with Gasteiger partial charge in [0.2, 0.25) is 0 Å². The van der Waals surface area contributed by atoms with Crippen molar-refractivity contribution in [1.82, 2.24) is 9.13 Å². The van der Waals surface area contributed by atoms with Crippen LogP contribution in [0.5, 0.6) is 0 Å². The van der Waals surface area contributed by atoms with Gasteiger partial charge in [-0.15, -0.1) is 0 Å². The Kier molecular flexibility index (Phi) is 5.11. The molecule has 0 atom stereocenters. The SMILES string of the molecule is c1cc2c3c(cccc3c1)-c1c-2ccc2c3ccccc3n(-c3ccc(-n4c5ccccc5c5c6ccc7oc8ccccc8c7c6ccc54)cc3)c12. The second-order valence-corrected chi connectivity index (χ2v) is 14.4. The molecule has 0 saturated heterocycles. The molecule has 0 aliphatic heterocycles. The highest BCUT2D eigenvalue weighted by molar-refractivity contribution is 6.29. The van der Waals surface area contributed by atoms with Gasteiger partial charge in [-0.25, -0.2) is 0 Å². The van der Waals surface area contributed by atoms with Crippen LogP contribution in [0.25, 0.3) is 121 Å². The van der Waals surface area contributed by atoms with Crippen LogP contribution in [-0.4, -0.2) is 9.13 Å². The third-order valence-electron chi connectivity index (χ3n) is 11.8. The molecular weight excluding hydrogens is 645 g/mol. The molecule has 244 valence electrons. The lowest BCUT2D eigenvalue weighted by Gasteiger charge is -2.14. The maximum absolute atomic E-state index is 6.28. The monoisotopic (exact) mass is 672 g/mol. The number of rotatable bonds is 2. The van der Waals surface area contributed by atoms with Crippen LogP contribution in [0.3, 0.4) is 0 Å². The molecule has 3 heterocycles. The van der Waals surface area contributed by atoms with E-state index >= 15 is 0 Å². The molecule has 3 nitrogen and oxygen atoms in total. The van der Waals surface area contributed by atoms with Crippen LogP contribution in [0, 0.1) is 0 Å². The van der Waals surface area contributed by atoms with E-state index in [-0.39, 0.29) is 0 Å². The van der Waals surface area contributed by atoms with Gasteiger partial charge in [0.05, 0.1) is 22.1 Å². The Morgan fingerprint density at radius 1 is 0.321 bits per heavy atom. The van der Waals surface area contributed by atoms with Gasteiger partial charge in [-0.05, 0) is 98.9 Å². The van der Waals surface area contributed by atoms with Crippen LogP contribution in [0.1, 0.15) is 0 Å². The lowest BCUT2D eigenvalue weighted by Crippen LogP contribution is -1.98. The first kappa shape index (κ1) is 27.6. The molecule has 3 heteroatoms. The minimum Gasteiger partial charge on any atom is -0.456 e. The highest BCUT2D eigenvalue weighted by Crippen LogP contribution is 2.52. The standard InChI is InChI=1S/C50H28N2O/c1-4-16-41-32(11-1)37-24-23-36-33-14-7-9-29-10-8-15-40(46(29)33)49(36)50(37)52(41)31-21-19-30(20-22-31)51-42-17-5-2-12-38(42)47-34-26-28-45-48(35(34)25-27-43(47)51)39-13-3-6-18-44(39)53-45/h1-28H. The molecule has 0 unspecified atom stereocenters. The zero-order valence-electron chi connectivity index (χ0n) is 28.5. The molecule has 0 bridgehead atoms. The summed E-state index contributed by atoms with van der Waals surface area (Å²) < 4.78 is 11.2. The minimum atomic E-state index is 0.924. The third kappa shape index (κ3) is 3.44. The van der Waals surface area contributed by atoms with Gasteiger partial charge < -0.3 is 13.6 Å². The fourth-order valence-corrected chi connectivity index (χ4v) is 9.72. The van der Waals surface area contributed by atoms with Crippen molar-refractivity contribution in [3.8, 4) is 33.6 Å². The van der Waals surface area contributed by atoms with Crippen molar-refractivity contribution in [2.45, 2.75) is 0 Å². The van der Waals surface area contributed by atoms with E-state index in [0.29, 0.717) is 0 Å². The van der Waals surface area contributed by atoms with Crippen molar-refractivity contribution in [2.24, 2.45) is 0 Å². The Morgan fingerprint density at radius 2 is 0.962 bits per heavy atom. The molecule has 0 fully saturated rings. The summed E-state index contributed by atoms with van der Waals surface area (Å²) in [6.07, 6.45) is 0. The number of hydrogen-bond acceptors (Lipinski definition) is 1. The summed E-state index contributed by atoms with van der Waals surface area (Å²) in [6, 6.07) is 62.2. The Labute approximate surface area is 303 Å². The molecule has 0 amide bonds. The number of aromatic nitrogens is 2. The highest BCUT2D eigenvalue weighted by atomic mass is 16.3. The molecule has 1 aliphatic carbocycles. The van der Waals surface area contributed by atoms with E-state index < -0.39 is 0 Å². The second-order valence-electron chi connectivity index (χ2n) is 14.4. The van der Waals surface area contributed by atoms with E-state index in [2.05, 4.69) is 173 Å². The topological polar surface area (TPSA) is 23.0 Å². The first-order valence-corrected chi connectivity index (χ1v) is 18.3. The molecule has 9 aromatic carbocycles. The lowest BCUT2D eigenvalue weighted by molar-refractivity contribution is 0.669. The molecule has 0 spiro atoms. The molecule has 12 aromatic rings. The second kappa shape index (κ2) is 9.81. The molecule has 3 aromatic heterocycles. The smallest absolute Gasteiger partial charge is 0.136 e. The van der Waals surface area contributed by atoms with Crippen LogP contribution >= 0.6 is 0 Å². The van der Waals surface area contributed by atoms with Gasteiger partial charge >= 0.3 is 0 Å². The first-order chi connectivity index (χ1) is 26.3. The molecule has 0 radical (unpaired) electrons. The summed E-state index contributed by atoms with van der Waals surface area (Å²) in [5.74, 6) is 0. The summed E-state index contributed by atoms with van der Waals surface area (Å²) in [5, 5.41) is 12.5. The maximum Gasteiger partial charge on any atom is 0.136 e. The molecule has 53 heavy (non-hydrogen) atoms. The van der Waals surface area contributed by atoms with Crippen LogP contribution in [0.15, 0.2) is 174 Å². The fourth-order valence-electron chi connectivity index (χ4n) is 9.72. The van der Waals surface area contributed by atoms with E-state index in [9.17, 15) is 0 Å². The van der Waals surface area contributed by atoms with Gasteiger partial charge in [0, 0.05) is 49.3 Å². The van der Waals surface area contributed by atoms with Crippen molar-refractivity contribution >= 4 is 87.1 Å². The first-order valence-electron chi connectivity index (χ1n) is 18.3. The number of furan rings is 1. The number of hydrogen-bond donors (Lipinski definition) is 0. The van der Waals surface area contributed by atoms with Gasteiger partial charge in [-0.1, -0.05) is 109 Å². The Hall–Kier alpha value is -7.10. The maximum atomic E-state index is 6.28. The number of fused-ring (bicyclic) bond motifs is 16. The van der Waals surface area contributed by atoms with Gasteiger partial charge in [0.25, 0.3) is 0 Å². The zero-order chi connectivity index (χ0) is 34.4. The Balaban J connectivity index is 1.05. The van der Waals surface area contributed by atoms with Crippen LogP contribution in [-0.2, 0) is 0 Å². The predicted octanol–water partition coefficient (Wildman–Crippen LogP) is 13.7. The van der Waals surface area contributed by atoms with Crippen LogP contribution in [0.2, 0.25) is 0 Å². The molecule has 0 saturated carbocycles. The Morgan fingerprint density at radius 3 is 1.79 bits per heavy atom. The van der Waals surface area contributed by atoms with E-state index in [0.717, 1.165) is 27.9 Å². The van der Waals surface area contributed by atoms with E-state index in [1.807, 2.05) is 6.07 Å². The molecule has 13 rings (SSSR count). The molecule has 1 aliphatic rings. The van der Waals surface area contributed by atoms with Gasteiger partial charge in [-0.3, -0.25) is 0 Å². The highest BCUT2D eigenvalue weighted by Gasteiger charge is 2.27. The quantitative estimate of drug-likeness (QED) is 0.179. The van der Waals surface area contributed by atoms with Crippen molar-refractivity contribution < 1.29 is 4.42 Å². The van der Waals surface area contributed by atoms with E-state index in [1.165, 1.54) is 92.8 Å². The van der Waals surface area contributed by atoms with Crippen LogP contribution < -0.4 is 0 Å². The summed E-state index contributed by atoms with van der Waals surface area (Å²) in [6.45, 7) is 0. The lowest BCUT2D eigenvalue weighted by atomic mass is 9.99. The molecular formula is C50H28N2O. The minimum absolute atomic E-state index is 0.924. The van der Waals surface area contributed by atoms with Gasteiger partial charge in [-0.2, -0.15) is 0 Å². The average molecular weight is 673 g/mol. The van der Waals surface area contributed by atoms with Crippen molar-refractivity contribution in [3.63, 3.8) is 0 Å². The van der Waals surface area contributed by atoms with Gasteiger partial charge in [0.1, 0.15) is 11.2 Å². The number of benzene rings is 9. The normalized spacial score (nSPS) is 12.5. The Bertz CT molecular complexity index is 3550. The predicted molar refractivity (Wildman–Crippen MR) is 222 cm³/mol. The third-order valence-corrected chi connectivity index (χ3v) is 11.8. The largest absolute Gasteiger partial charge is 0.456 e. The summed E-state index contributed by atoms with van der Waals surface area (Å²) in [7, 11) is 0. The summed E-state index contributed by atoms with van der Waals surface area (Å²) in [4.78, 5) is 0. The molecule has 0 N–H and O–H groups in total. The number of nitrogens with zero attached hydrogens (tertiary/aromatic N) is 2. The van der Waals surface area contributed by atoms with E-state index in [4.69, 9.17) is 4.42 Å². The van der Waals surface area contributed by atoms with Crippen LogP contribution in [0.4, 0.5) is 0 Å². The van der Waals surface area contributed by atoms with Crippen molar-refractivity contribution in [3.05, 3.63) is 170 Å².